The molecule has 0 saturated heterocycles. The van der Waals surface area contributed by atoms with E-state index in [-0.39, 0.29) is 11.1 Å². The molecule has 0 atom stereocenters. The molecule has 0 aliphatic heterocycles. The van der Waals surface area contributed by atoms with Crippen LogP contribution in [0.5, 0.6) is 0 Å². The predicted molar refractivity (Wildman–Crippen MR) is 107 cm³/mol. The van der Waals surface area contributed by atoms with E-state index in [9.17, 15) is 9.59 Å². The van der Waals surface area contributed by atoms with E-state index in [0.29, 0.717) is 24.4 Å². The van der Waals surface area contributed by atoms with Crippen molar-refractivity contribution < 1.29 is 18.8 Å². The number of amides is 2. The van der Waals surface area contributed by atoms with Gasteiger partial charge in [-0.25, -0.2) is 9.59 Å². The highest BCUT2D eigenvalue weighted by molar-refractivity contribution is 6.74. The number of aryl methyl sites for hydroxylation is 1. The van der Waals surface area contributed by atoms with Crippen molar-refractivity contribution in [3.8, 4) is 0 Å². The van der Waals surface area contributed by atoms with Gasteiger partial charge in [-0.1, -0.05) is 32.4 Å². The molecule has 6 nitrogen and oxygen atoms in total. The third-order valence-electron chi connectivity index (χ3n) is 4.70. The molecule has 1 aromatic carbocycles. The second-order valence-corrected chi connectivity index (χ2v) is 12.7. The van der Waals surface area contributed by atoms with Gasteiger partial charge in [0.2, 0.25) is 0 Å². The summed E-state index contributed by atoms with van der Waals surface area (Å²) in [4.78, 5) is 23.9. The van der Waals surface area contributed by atoms with Crippen LogP contribution >= 0.6 is 0 Å². The molecule has 0 fully saturated rings. The highest BCUT2D eigenvalue weighted by atomic mass is 28.4. The Morgan fingerprint density at radius 2 is 1.85 bits per heavy atom. The summed E-state index contributed by atoms with van der Waals surface area (Å²) >= 11 is 0. The van der Waals surface area contributed by atoms with E-state index in [1.165, 1.54) is 7.11 Å². The standard InChI is InChI=1S/C19H32N2O4Si/c1-14-9-10-16(15(13-14)17(22)24-5)21-18(23)20-11-8-12-25-26(6,7)19(2,3)4/h9-10,13H,8,11-12H2,1-7H3,(H2,20,21,23). The van der Waals surface area contributed by atoms with Gasteiger partial charge in [0.15, 0.2) is 8.32 Å². The van der Waals surface area contributed by atoms with Crippen molar-refractivity contribution in [2.75, 3.05) is 25.6 Å². The number of ether oxygens (including phenoxy) is 1. The zero-order chi connectivity index (χ0) is 20.0. The van der Waals surface area contributed by atoms with Gasteiger partial charge in [0, 0.05) is 13.2 Å². The average Bonchev–Trinajstić information content (AvgIpc) is 2.54. The monoisotopic (exact) mass is 380 g/mol. The number of carbonyl (C=O) groups excluding carboxylic acids is 2. The first kappa shape index (κ1) is 22.2. The molecule has 146 valence electrons. The topological polar surface area (TPSA) is 76.7 Å². The van der Waals surface area contributed by atoms with Crippen LogP contribution in [0.1, 0.15) is 43.1 Å². The zero-order valence-electron chi connectivity index (χ0n) is 17.0. The normalized spacial score (nSPS) is 11.8. The van der Waals surface area contributed by atoms with E-state index in [0.717, 1.165) is 12.0 Å². The van der Waals surface area contributed by atoms with E-state index in [1.54, 1.807) is 12.1 Å². The summed E-state index contributed by atoms with van der Waals surface area (Å²) in [5.41, 5.74) is 1.68. The fourth-order valence-electron chi connectivity index (χ4n) is 2.03. The number of anilines is 1. The quantitative estimate of drug-likeness (QED) is 0.420. The second kappa shape index (κ2) is 9.18. The average molecular weight is 381 g/mol. The van der Waals surface area contributed by atoms with Crippen molar-refractivity contribution >= 4 is 26.0 Å². The molecule has 0 radical (unpaired) electrons. The summed E-state index contributed by atoms with van der Waals surface area (Å²) in [5, 5.41) is 5.66. The van der Waals surface area contributed by atoms with Gasteiger partial charge in [0.05, 0.1) is 18.4 Å². The molecule has 0 heterocycles. The van der Waals surface area contributed by atoms with E-state index >= 15 is 0 Å². The molecule has 0 aliphatic carbocycles. The molecule has 2 amide bonds. The number of rotatable bonds is 7. The summed E-state index contributed by atoms with van der Waals surface area (Å²) < 4.78 is 10.8. The SMILES string of the molecule is COC(=O)c1cc(C)ccc1NC(=O)NCCCO[Si](C)(C)C(C)(C)C. The van der Waals surface area contributed by atoms with Gasteiger partial charge < -0.3 is 19.8 Å². The first-order valence-electron chi connectivity index (χ1n) is 8.86. The number of esters is 1. The fourth-order valence-corrected chi connectivity index (χ4v) is 3.12. The van der Waals surface area contributed by atoms with Crippen molar-refractivity contribution in [2.45, 2.75) is 52.2 Å². The largest absolute Gasteiger partial charge is 0.465 e. The van der Waals surface area contributed by atoms with Crippen molar-refractivity contribution in [1.29, 1.82) is 0 Å². The Hall–Kier alpha value is -1.86. The van der Waals surface area contributed by atoms with Crippen LogP contribution in [-0.4, -0.2) is 40.6 Å². The van der Waals surface area contributed by atoms with Gasteiger partial charge in [0.25, 0.3) is 0 Å². The molecule has 26 heavy (non-hydrogen) atoms. The molecule has 0 saturated carbocycles. The number of hydrogen-bond acceptors (Lipinski definition) is 4. The summed E-state index contributed by atoms with van der Waals surface area (Å²) in [6.07, 6.45) is 0.734. The highest BCUT2D eigenvalue weighted by Crippen LogP contribution is 2.36. The molecular weight excluding hydrogens is 348 g/mol. The molecule has 7 heteroatoms. The van der Waals surface area contributed by atoms with E-state index in [2.05, 4.69) is 44.5 Å². The molecule has 1 rings (SSSR count). The number of nitrogens with one attached hydrogen (secondary N) is 2. The number of hydrogen-bond donors (Lipinski definition) is 2. The lowest BCUT2D eigenvalue weighted by atomic mass is 10.1. The van der Waals surface area contributed by atoms with Crippen LogP contribution in [0.3, 0.4) is 0 Å². The number of urea groups is 1. The van der Waals surface area contributed by atoms with Gasteiger partial charge in [0.1, 0.15) is 0 Å². The lowest BCUT2D eigenvalue weighted by Gasteiger charge is -2.36. The Bertz CT molecular complexity index is 639. The summed E-state index contributed by atoms with van der Waals surface area (Å²) in [6, 6.07) is 4.86. The molecule has 2 N–H and O–H groups in total. The molecule has 1 aromatic rings. The van der Waals surface area contributed by atoms with Crippen LogP contribution in [-0.2, 0) is 9.16 Å². The molecule has 0 spiro atoms. The van der Waals surface area contributed by atoms with Gasteiger partial charge in [-0.05, 0) is 43.6 Å². The summed E-state index contributed by atoms with van der Waals surface area (Å²) in [7, 11) is -0.436. The number of benzene rings is 1. The van der Waals surface area contributed by atoms with Crippen molar-refractivity contribution in [1.82, 2.24) is 5.32 Å². The smallest absolute Gasteiger partial charge is 0.339 e. The minimum atomic E-state index is -1.75. The second-order valence-electron chi connectivity index (χ2n) is 7.88. The molecular formula is C19H32N2O4Si. The van der Waals surface area contributed by atoms with E-state index in [1.807, 2.05) is 13.0 Å². The molecule has 0 aromatic heterocycles. The molecule has 0 aliphatic rings. The van der Waals surface area contributed by atoms with E-state index in [4.69, 9.17) is 9.16 Å². The zero-order valence-corrected chi connectivity index (χ0v) is 18.0. The molecule has 0 unspecified atom stereocenters. The first-order chi connectivity index (χ1) is 12.0. The minimum absolute atomic E-state index is 0.174. The Morgan fingerprint density at radius 1 is 1.19 bits per heavy atom. The Labute approximate surface area is 157 Å². The van der Waals surface area contributed by atoms with Crippen LogP contribution in [0, 0.1) is 6.92 Å². The van der Waals surface area contributed by atoms with E-state index < -0.39 is 14.3 Å². The minimum Gasteiger partial charge on any atom is -0.465 e. The summed E-state index contributed by atoms with van der Waals surface area (Å²) in [6.45, 7) is 14.0. The third-order valence-corrected chi connectivity index (χ3v) is 9.24. The maximum Gasteiger partial charge on any atom is 0.339 e. The van der Waals surface area contributed by atoms with Crippen molar-refractivity contribution in [3.05, 3.63) is 29.3 Å². The number of carbonyl (C=O) groups is 2. The van der Waals surface area contributed by atoms with Gasteiger partial charge in [-0.3, -0.25) is 0 Å². The fraction of sp³-hybridized carbons (Fsp3) is 0.579. The van der Waals surface area contributed by atoms with Crippen molar-refractivity contribution in [3.63, 3.8) is 0 Å². The first-order valence-corrected chi connectivity index (χ1v) is 11.8. The lowest BCUT2D eigenvalue weighted by Crippen LogP contribution is -2.41. The van der Waals surface area contributed by atoms with Crippen LogP contribution in [0.4, 0.5) is 10.5 Å². The Kier molecular flexibility index (Phi) is 7.83. The maximum absolute atomic E-state index is 12.1. The predicted octanol–water partition coefficient (Wildman–Crippen LogP) is 4.32. The molecule has 0 bridgehead atoms. The summed E-state index contributed by atoms with van der Waals surface area (Å²) in [5.74, 6) is -0.480. The number of methoxy groups -OCH3 is 1. The van der Waals surface area contributed by atoms with Crippen LogP contribution in [0.15, 0.2) is 18.2 Å². The van der Waals surface area contributed by atoms with Crippen LogP contribution in [0.2, 0.25) is 18.1 Å². The Morgan fingerprint density at radius 3 is 2.42 bits per heavy atom. The van der Waals surface area contributed by atoms with Crippen molar-refractivity contribution in [2.24, 2.45) is 0 Å². The third kappa shape index (κ3) is 6.46. The Balaban J connectivity index is 2.48. The van der Waals surface area contributed by atoms with Gasteiger partial charge >= 0.3 is 12.0 Å². The van der Waals surface area contributed by atoms with Gasteiger partial charge in [-0.15, -0.1) is 0 Å². The van der Waals surface area contributed by atoms with Gasteiger partial charge in [-0.2, -0.15) is 0 Å². The van der Waals surface area contributed by atoms with Crippen LogP contribution in [0.25, 0.3) is 0 Å². The lowest BCUT2D eigenvalue weighted by molar-refractivity contribution is 0.0602. The highest BCUT2D eigenvalue weighted by Gasteiger charge is 2.36. The van der Waals surface area contributed by atoms with Crippen LogP contribution < -0.4 is 10.6 Å². The maximum atomic E-state index is 12.1.